The zero-order valence-electron chi connectivity index (χ0n) is 19.2. The summed E-state index contributed by atoms with van der Waals surface area (Å²) >= 11 is 6.03. The van der Waals surface area contributed by atoms with Gasteiger partial charge in [-0.15, -0.1) is 0 Å². The van der Waals surface area contributed by atoms with Gasteiger partial charge in [-0.25, -0.2) is 9.78 Å². The van der Waals surface area contributed by atoms with E-state index in [2.05, 4.69) is 21.4 Å². The molecule has 0 spiro atoms. The Bertz CT molecular complexity index is 1190. The van der Waals surface area contributed by atoms with E-state index in [0.29, 0.717) is 17.0 Å². The van der Waals surface area contributed by atoms with Crippen LogP contribution in [-0.2, 0) is 16.0 Å². The highest BCUT2D eigenvalue weighted by Gasteiger charge is 2.35. The lowest BCUT2D eigenvalue weighted by molar-refractivity contribution is -0.138. The van der Waals surface area contributed by atoms with Crippen LogP contribution in [0.3, 0.4) is 0 Å². The molecule has 2 unspecified atom stereocenters. The van der Waals surface area contributed by atoms with Gasteiger partial charge in [-0.05, 0) is 62.6 Å². The molecule has 0 saturated carbocycles. The zero-order valence-corrected chi connectivity index (χ0v) is 19.9. The molecule has 0 saturated heterocycles. The third-order valence-corrected chi connectivity index (χ3v) is 5.69. The maximum Gasteiger partial charge on any atom is 0.359 e. The number of ether oxygens (including phenoxy) is 1. The minimum Gasteiger partial charge on any atom is -0.445 e. The number of amides is 1. The summed E-state index contributed by atoms with van der Waals surface area (Å²) in [6.07, 6.45) is 4.71. The Kier molecular flexibility index (Phi) is 7.98. The molecule has 8 heteroatoms. The molecule has 0 aliphatic carbocycles. The van der Waals surface area contributed by atoms with E-state index in [0.717, 1.165) is 11.1 Å². The molecular weight excluding hydrogens is 452 g/mol. The van der Waals surface area contributed by atoms with Gasteiger partial charge in [0, 0.05) is 29.4 Å². The molecule has 2 aromatic carbocycles. The minimum absolute atomic E-state index is 0.0188. The molecule has 174 valence electrons. The van der Waals surface area contributed by atoms with Gasteiger partial charge in [-0.3, -0.25) is 9.78 Å². The second kappa shape index (κ2) is 10.9. The quantitative estimate of drug-likeness (QED) is 0.481. The Hall–Kier alpha value is -3.76. The number of nitrogens with one attached hydrogen (secondary N) is 1. The molecule has 1 heterocycles. The van der Waals surface area contributed by atoms with E-state index in [1.54, 1.807) is 6.07 Å². The van der Waals surface area contributed by atoms with Crippen molar-refractivity contribution < 1.29 is 14.3 Å². The fourth-order valence-corrected chi connectivity index (χ4v) is 3.64. The maximum absolute atomic E-state index is 13.1. The van der Waals surface area contributed by atoms with E-state index < -0.39 is 17.5 Å². The molecule has 2 atom stereocenters. The van der Waals surface area contributed by atoms with Gasteiger partial charge in [-0.2, -0.15) is 5.26 Å². The number of esters is 1. The average Bonchev–Trinajstić information content (AvgIpc) is 2.83. The van der Waals surface area contributed by atoms with Crippen LogP contribution >= 0.6 is 11.6 Å². The van der Waals surface area contributed by atoms with Crippen molar-refractivity contribution in [2.45, 2.75) is 44.8 Å². The fourth-order valence-electron chi connectivity index (χ4n) is 3.51. The van der Waals surface area contributed by atoms with Crippen molar-refractivity contribution >= 4 is 23.5 Å². The standard InChI is InChI=1S/C26H25ClN4O3/c1-17(31-25(33)26(2,3)34-24(32)23-16-29-11-12-30-23)22(14-18-7-9-21(27)10-8-18)20-6-4-5-19(13-20)15-28/h4-13,16-17,22H,14H2,1-3H3,(H,31,33). The van der Waals surface area contributed by atoms with Crippen LogP contribution in [0.25, 0.3) is 0 Å². The molecular formula is C26H25ClN4O3. The van der Waals surface area contributed by atoms with Crippen LogP contribution in [-0.4, -0.2) is 33.5 Å². The van der Waals surface area contributed by atoms with Gasteiger partial charge in [0.2, 0.25) is 0 Å². The number of carbonyl (C=O) groups is 2. The van der Waals surface area contributed by atoms with Crippen molar-refractivity contribution in [1.82, 2.24) is 15.3 Å². The highest BCUT2D eigenvalue weighted by atomic mass is 35.5. The molecule has 0 bridgehead atoms. The number of nitrogens with zero attached hydrogens (tertiary/aromatic N) is 3. The number of carbonyl (C=O) groups excluding carboxylic acids is 2. The minimum atomic E-state index is -1.44. The Morgan fingerprint density at radius 2 is 1.91 bits per heavy atom. The highest BCUT2D eigenvalue weighted by Crippen LogP contribution is 2.27. The van der Waals surface area contributed by atoms with Crippen molar-refractivity contribution in [3.63, 3.8) is 0 Å². The maximum atomic E-state index is 13.1. The summed E-state index contributed by atoms with van der Waals surface area (Å²) in [5.74, 6) is -1.33. The van der Waals surface area contributed by atoms with Crippen LogP contribution in [0.4, 0.5) is 0 Å². The van der Waals surface area contributed by atoms with E-state index in [-0.39, 0.29) is 17.7 Å². The topological polar surface area (TPSA) is 105 Å². The van der Waals surface area contributed by atoms with E-state index in [4.69, 9.17) is 16.3 Å². The number of aromatic nitrogens is 2. The molecule has 0 fully saturated rings. The number of halogens is 1. The Morgan fingerprint density at radius 3 is 2.56 bits per heavy atom. The van der Waals surface area contributed by atoms with Crippen molar-refractivity contribution in [1.29, 1.82) is 5.26 Å². The fraction of sp³-hybridized carbons (Fsp3) is 0.269. The smallest absolute Gasteiger partial charge is 0.359 e. The van der Waals surface area contributed by atoms with Crippen LogP contribution in [0.2, 0.25) is 5.02 Å². The largest absolute Gasteiger partial charge is 0.445 e. The summed E-state index contributed by atoms with van der Waals surface area (Å²) in [5.41, 5.74) is 1.06. The molecule has 1 N–H and O–H groups in total. The first kappa shape index (κ1) is 24.9. The molecule has 3 rings (SSSR count). The number of nitriles is 1. The molecule has 7 nitrogen and oxygen atoms in total. The molecule has 0 radical (unpaired) electrons. The summed E-state index contributed by atoms with van der Waals surface area (Å²) in [4.78, 5) is 33.3. The third kappa shape index (κ3) is 6.40. The van der Waals surface area contributed by atoms with Crippen molar-refractivity contribution in [3.8, 4) is 6.07 Å². The molecule has 3 aromatic rings. The van der Waals surface area contributed by atoms with Crippen molar-refractivity contribution in [2.75, 3.05) is 0 Å². The second-order valence-electron chi connectivity index (χ2n) is 8.43. The van der Waals surface area contributed by atoms with Crippen molar-refractivity contribution in [3.05, 3.63) is 94.5 Å². The number of hydrogen-bond donors (Lipinski definition) is 1. The predicted octanol–water partition coefficient (Wildman–Crippen LogP) is 4.47. The van der Waals surface area contributed by atoms with Crippen LogP contribution in [0.15, 0.2) is 67.1 Å². The second-order valence-corrected chi connectivity index (χ2v) is 8.86. The monoisotopic (exact) mass is 476 g/mol. The molecule has 34 heavy (non-hydrogen) atoms. The van der Waals surface area contributed by atoms with Gasteiger partial charge in [0.25, 0.3) is 5.91 Å². The summed E-state index contributed by atoms with van der Waals surface area (Å²) in [5, 5.41) is 13.0. The van der Waals surface area contributed by atoms with Crippen LogP contribution < -0.4 is 5.32 Å². The summed E-state index contributed by atoms with van der Waals surface area (Å²) < 4.78 is 5.43. The van der Waals surface area contributed by atoms with Gasteiger partial charge in [0.1, 0.15) is 0 Å². The molecule has 0 aliphatic rings. The zero-order chi connectivity index (χ0) is 24.7. The van der Waals surface area contributed by atoms with Crippen LogP contribution in [0.5, 0.6) is 0 Å². The molecule has 1 amide bonds. The van der Waals surface area contributed by atoms with Gasteiger partial charge in [0.15, 0.2) is 11.3 Å². The van der Waals surface area contributed by atoms with Gasteiger partial charge in [-0.1, -0.05) is 35.9 Å². The SMILES string of the molecule is CC(NC(=O)C(C)(C)OC(=O)c1cnccn1)C(Cc1ccc(Cl)cc1)c1cccc(C#N)c1. The van der Waals surface area contributed by atoms with Gasteiger partial charge < -0.3 is 10.1 Å². The van der Waals surface area contributed by atoms with E-state index in [1.165, 1.54) is 32.4 Å². The lowest BCUT2D eigenvalue weighted by atomic mass is 9.85. The van der Waals surface area contributed by atoms with Gasteiger partial charge >= 0.3 is 5.97 Å². The highest BCUT2D eigenvalue weighted by molar-refractivity contribution is 6.30. The van der Waals surface area contributed by atoms with E-state index >= 15 is 0 Å². The molecule has 1 aromatic heterocycles. The Labute approximate surface area is 203 Å². The van der Waals surface area contributed by atoms with Gasteiger partial charge in [0.05, 0.1) is 17.8 Å². The summed E-state index contributed by atoms with van der Waals surface area (Å²) in [6.45, 7) is 4.93. The number of rotatable bonds is 8. The van der Waals surface area contributed by atoms with Crippen LogP contribution in [0.1, 0.15) is 53.9 Å². The molecule has 0 aliphatic heterocycles. The average molecular weight is 477 g/mol. The first-order valence-corrected chi connectivity index (χ1v) is 11.1. The Morgan fingerprint density at radius 1 is 1.18 bits per heavy atom. The number of hydrogen-bond acceptors (Lipinski definition) is 6. The lowest BCUT2D eigenvalue weighted by Crippen LogP contribution is -2.50. The van der Waals surface area contributed by atoms with Crippen molar-refractivity contribution in [2.24, 2.45) is 0 Å². The number of benzene rings is 2. The summed E-state index contributed by atoms with van der Waals surface area (Å²) in [7, 11) is 0. The third-order valence-electron chi connectivity index (χ3n) is 5.44. The first-order chi connectivity index (χ1) is 16.2. The normalized spacial score (nSPS) is 12.8. The predicted molar refractivity (Wildman–Crippen MR) is 128 cm³/mol. The first-order valence-electron chi connectivity index (χ1n) is 10.7. The lowest BCUT2D eigenvalue weighted by Gasteiger charge is -2.30. The van der Waals surface area contributed by atoms with E-state index in [9.17, 15) is 14.9 Å². The van der Waals surface area contributed by atoms with E-state index in [1.807, 2.05) is 49.4 Å². The summed E-state index contributed by atoms with van der Waals surface area (Å²) in [6, 6.07) is 16.6. The Balaban J connectivity index is 1.80. The van der Waals surface area contributed by atoms with Crippen LogP contribution in [0, 0.1) is 11.3 Å².